The van der Waals surface area contributed by atoms with E-state index in [0.717, 1.165) is 31.8 Å². The second-order valence-electron chi connectivity index (χ2n) is 4.04. The molecule has 0 spiro atoms. The van der Waals surface area contributed by atoms with Gasteiger partial charge in [-0.2, -0.15) is 4.80 Å². The molecule has 0 amide bonds. The van der Waals surface area contributed by atoms with Crippen molar-refractivity contribution in [1.82, 2.24) is 25.5 Å². The predicted molar refractivity (Wildman–Crippen MR) is 59.4 cm³/mol. The Hall–Kier alpha value is -0.970. The van der Waals surface area contributed by atoms with E-state index in [9.17, 15) is 0 Å². The lowest BCUT2D eigenvalue weighted by Crippen LogP contribution is -2.22. The Morgan fingerprint density at radius 3 is 2.87 bits per heavy atom. The molecule has 1 aromatic heterocycles. The van der Waals surface area contributed by atoms with Crippen LogP contribution in [-0.2, 0) is 13.5 Å². The van der Waals surface area contributed by atoms with Gasteiger partial charge in [-0.3, -0.25) is 0 Å². The molecule has 1 heterocycles. The zero-order valence-electron chi connectivity index (χ0n) is 9.90. The summed E-state index contributed by atoms with van der Waals surface area (Å²) in [6.07, 6.45) is 3.23. The maximum Gasteiger partial charge on any atom is 0.174 e. The number of aryl methyl sites for hydroxylation is 2. The van der Waals surface area contributed by atoms with E-state index >= 15 is 0 Å². The van der Waals surface area contributed by atoms with Crippen LogP contribution in [0.5, 0.6) is 0 Å². The third-order valence-corrected chi connectivity index (χ3v) is 2.33. The molecule has 0 radical (unpaired) electrons. The van der Waals surface area contributed by atoms with Crippen molar-refractivity contribution in [2.24, 2.45) is 13.0 Å². The minimum atomic E-state index is 0.667. The smallest absolute Gasteiger partial charge is 0.174 e. The highest BCUT2D eigenvalue weighted by molar-refractivity contribution is 4.77. The van der Waals surface area contributed by atoms with Crippen molar-refractivity contribution in [3.8, 4) is 0 Å². The van der Waals surface area contributed by atoms with Crippen molar-refractivity contribution in [2.75, 3.05) is 13.1 Å². The molecule has 1 aromatic rings. The van der Waals surface area contributed by atoms with E-state index in [-0.39, 0.29) is 0 Å². The highest BCUT2D eigenvalue weighted by atomic mass is 15.6. The van der Waals surface area contributed by atoms with Crippen LogP contribution in [0, 0.1) is 5.92 Å². The molecule has 0 bridgehead atoms. The third kappa shape index (κ3) is 4.88. The van der Waals surface area contributed by atoms with Gasteiger partial charge in [0.05, 0.1) is 7.05 Å². The molecule has 0 aromatic carbocycles. The van der Waals surface area contributed by atoms with Crippen LogP contribution in [0.15, 0.2) is 0 Å². The summed E-state index contributed by atoms with van der Waals surface area (Å²) in [5.41, 5.74) is 0. The molecule has 1 atom stereocenters. The van der Waals surface area contributed by atoms with Crippen molar-refractivity contribution in [3.05, 3.63) is 5.82 Å². The van der Waals surface area contributed by atoms with Crippen molar-refractivity contribution in [3.63, 3.8) is 0 Å². The molecule has 0 saturated carbocycles. The van der Waals surface area contributed by atoms with Gasteiger partial charge >= 0.3 is 0 Å². The molecule has 0 fully saturated rings. The van der Waals surface area contributed by atoms with E-state index in [1.54, 1.807) is 7.05 Å². The molecule has 1 unspecified atom stereocenters. The first-order chi connectivity index (χ1) is 7.22. The number of hydrogen-bond donors (Lipinski definition) is 1. The van der Waals surface area contributed by atoms with Crippen LogP contribution in [0.25, 0.3) is 0 Å². The van der Waals surface area contributed by atoms with E-state index in [4.69, 9.17) is 0 Å². The average molecular weight is 211 g/mol. The van der Waals surface area contributed by atoms with Crippen LogP contribution in [0.3, 0.4) is 0 Å². The molecule has 5 heteroatoms. The molecular formula is C10H21N5. The topological polar surface area (TPSA) is 55.6 Å². The van der Waals surface area contributed by atoms with E-state index in [0.29, 0.717) is 5.92 Å². The Bertz CT molecular complexity index is 271. The van der Waals surface area contributed by atoms with Gasteiger partial charge in [-0.1, -0.05) is 13.8 Å². The van der Waals surface area contributed by atoms with Gasteiger partial charge in [0.25, 0.3) is 0 Å². The summed E-state index contributed by atoms with van der Waals surface area (Å²) in [7, 11) is 1.79. The fraction of sp³-hybridized carbons (Fsp3) is 0.900. The zero-order chi connectivity index (χ0) is 11.1. The van der Waals surface area contributed by atoms with Crippen LogP contribution in [-0.4, -0.2) is 33.3 Å². The summed E-state index contributed by atoms with van der Waals surface area (Å²) >= 11 is 0. The van der Waals surface area contributed by atoms with Gasteiger partial charge in [0.15, 0.2) is 5.82 Å². The van der Waals surface area contributed by atoms with Gasteiger partial charge in [-0.05, 0) is 37.1 Å². The summed E-state index contributed by atoms with van der Waals surface area (Å²) in [5, 5.41) is 15.3. The van der Waals surface area contributed by atoms with Gasteiger partial charge < -0.3 is 5.32 Å². The predicted octanol–water partition coefficient (Wildman–Crippen LogP) is 0.778. The fourth-order valence-corrected chi connectivity index (χ4v) is 1.43. The number of nitrogens with zero attached hydrogens (tertiary/aromatic N) is 4. The lowest BCUT2D eigenvalue weighted by atomic mass is 10.1. The quantitative estimate of drug-likeness (QED) is 0.677. The second kappa shape index (κ2) is 6.50. The monoisotopic (exact) mass is 211 g/mol. The first-order valence-corrected chi connectivity index (χ1v) is 5.66. The highest BCUT2D eigenvalue weighted by Gasteiger charge is 2.05. The van der Waals surface area contributed by atoms with Crippen LogP contribution >= 0.6 is 0 Å². The Balaban J connectivity index is 2.13. The van der Waals surface area contributed by atoms with Crippen LogP contribution in [0.1, 0.15) is 32.5 Å². The summed E-state index contributed by atoms with van der Waals surface area (Å²) in [6.45, 7) is 6.61. The van der Waals surface area contributed by atoms with E-state index in [1.807, 2.05) is 0 Å². The number of rotatable bonds is 7. The summed E-state index contributed by atoms with van der Waals surface area (Å²) < 4.78 is 0. The van der Waals surface area contributed by atoms with Crippen LogP contribution < -0.4 is 5.32 Å². The molecule has 86 valence electrons. The molecule has 1 N–H and O–H groups in total. The summed E-state index contributed by atoms with van der Waals surface area (Å²) in [4.78, 5) is 1.51. The minimum Gasteiger partial charge on any atom is -0.316 e. The lowest BCUT2D eigenvalue weighted by Gasteiger charge is -2.10. The lowest BCUT2D eigenvalue weighted by molar-refractivity contribution is 0.476. The first-order valence-electron chi connectivity index (χ1n) is 5.66. The van der Waals surface area contributed by atoms with Crippen molar-refractivity contribution in [2.45, 2.75) is 33.1 Å². The number of tetrazole rings is 1. The van der Waals surface area contributed by atoms with Gasteiger partial charge in [0.2, 0.25) is 0 Å². The van der Waals surface area contributed by atoms with Crippen molar-refractivity contribution >= 4 is 0 Å². The summed E-state index contributed by atoms with van der Waals surface area (Å²) in [5.74, 6) is 1.51. The number of hydrogen-bond acceptors (Lipinski definition) is 4. The SMILES string of the molecule is CCCNCC(C)CCc1nnn(C)n1. The van der Waals surface area contributed by atoms with Gasteiger partial charge in [-0.15, -0.1) is 10.2 Å². The van der Waals surface area contributed by atoms with E-state index in [1.165, 1.54) is 11.2 Å². The maximum atomic E-state index is 4.15. The van der Waals surface area contributed by atoms with Gasteiger partial charge in [0.1, 0.15) is 0 Å². The normalized spacial score (nSPS) is 13.0. The van der Waals surface area contributed by atoms with Crippen LogP contribution in [0.2, 0.25) is 0 Å². The average Bonchev–Trinajstić information content (AvgIpc) is 2.62. The Kier molecular flexibility index (Phi) is 5.25. The molecule has 0 saturated heterocycles. The third-order valence-electron chi connectivity index (χ3n) is 2.33. The Morgan fingerprint density at radius 2 is 2.27 bits per heavy atom. The zero-order valence-corrected chi connectivity index (χ0v) is 9.90. The molecule has 0 aliphatic heterocycles. The van der Waals surface area contributed by atoms with Crippen LogP contribution in [0.4, 0.5) is 0 Å². The molecular weight excluding hydrogens is 190 g/mol. The largest absolute Gasteiger partial charge is 0.316 e. The summed E-state index contributed by atoms with van der Waals surface area (Å²) in [6, 6.07) is 0. The van der Waals surface area contributed by atoms with E-state index in [2.05, 4.69) is 34.6 Å². The molecule has 15 heavy (non-hydrogen) atoms. The molecule has 0 aliphatic carbocycles. The Morgan fingerprint density at radius 1 is 1.47 bits per heavy atom. The van der Waals surface area contributed by atoms with E-state index < -0.39 is 0 Å². The Labute approximate surface area is 91.2 Å². The number of nitrogens with one attached hydrogen (secondary N) is 1. The molecule has 5 nitrogen and oxygen atoms in total. The van der Waals surface area contributed by atoms with Crippen molar-refractivity contribution in [1.29, 1.82) is 0 Å². The second-order valence-corrected chi connectivity index (χ2v) is 4.04. The molecule has 0 aliphatic rings. The highest BCUT2D eigenvalue weighted by Crippen LogP contribution is 2.04. The van der Waals surface area contributed by atoms with Gasteiger partial charge in [0, 0.05) is 6.42 Å². The minimum absolute atomic E-state index is 0.667. The molecule has 1 rings (SSSR count). The van der Waals surface area contributed by atoms with Crippen molar-refractivity contribution < 1.29 is 0 Å². The standard InChI is InChI=1S/C10H21N5/c1-4-7-11-8-9(2)5-6-10-12-14-15(3)13-10/h9,11H,4-8H2,1-3H3. The first kappa shape index (κ1) is 12.1. The van der Waals surface area contributed by atoms with Gasteiger partial charge in [-0.25, -0.2) is 0 Å². The fourth-order valence-electron chi connectivity index (χ4n) is 1.43. The number of aromatic nitrogens is 4. The maximum absolute atomic E-state index is 4.15.